The molecule has 0 aliphatic heterocycles. The average Bonchev–Trinajstić information content (AvgIpc) is 2.86. The molecule has 2 amide bonds. The second-order valence-corrected chi connectivity index (χ2v) is 11.7. The smallest absolute Gasteiger partial charge is 0.269 e. The number of benzene rings is 3. The van der Waals surface area contributed by atoms with Crippen LogP contribution in [0.15, 0.2) is 82.6 Å². The van der Waals surface area contributed by atoms with Crippen molar-refractivity contribution in [1.29, 1.82) is 0 Å². The van der Waals surface area contributed by atoms with E-state index in [-0.39, 0.29) is 15.4 Å². The highest BCUT2D eigenvalue weighted by atomic mass is 32.2. The summed E-state index contributed by atoms with van der Waals surface area (Å²) in [6, 6.07) is 18.3. The standard InChI is InChI=1S/C24H26N4O6S2/c1-17-4-12-21(13-5-17)35(31,32)25-16-23(29)26-27-24(30)19-8-10-20(11-9-19)28(3)36(33,34)22-14-6-18(2)7-15-22/h4-15,25H,16H2,1-3H3,(H,26,29)(H,27,30). The molecule has 0 aliphatic rings. The normalized spacial score (nSPS) is 11.5. The van der Waals surface area contributed by atoms with Gasteiger partial charge >= 0.3 is 0 Å². The van der Waals surface area contributed by atoms with Gasteiger partial charge < -0.3 is 0 Å². The number of nitrogens with one attached hydrogen (secondary N) is 3. The third-order valence-electron chi connectivity index (χ3n) is 5.24. The number of hydrogen-bond donors (Lipinski definition) is 3. The van der Waals surface area contributed by atoms with Crippen LogP contribution in [-0.2, 0) is 24.8 Å². The highest BCUT2D eigenvalue weighted by molar-refractivity contribution is 7.92. The zero-order valence-electron chi connectivity index (χ0n) is 19.8. The molecule has 0 bridgehead atoms. The van der Waals surface area contributed by atoms with Crippen molar-refractivity contribution in [2.24, 2.45) is 0 Å². The lowest BCUT2D eigenvalue weighted by Gasteiger charge is -2.20. The summed E-state index contributed by atoms with van der Waals surface area (Å²) in [5, 5.41) is 0. The number of hydrazine groups is 1. The van der Waals surface area contributed by atoms with Crippen molar-refractivity contribution in [3.05, 3.63) is 89.5 Å². The van der Waals surface area contributed by atoms with Crippen molar-refractivity contribution in [1.82, 2.24) is 15.6 Å². The van der Waals surface area contributed by atoms with Gasteiger partial charge in [-0.05, 0) is 62.4 Å². The van der Waals surface area contributed by atoms with Crippen molar-refractivity contribution in [2.45, 2.75) is 23.6 Å². The number of rotatable bonds is 8. The topological polar surface area (TPSA) is 142 Å². The van der Waals surface area contributed by atoms with Gasteiger partial charge in [-0.2, -0.15) is 0 Å². The van der Waals surface area contributed by atoms with Crippen molar-refractivity contribution >= 4 is 37.5 Å². The molecule has 0 aliphatic carbocycles. The molecule has 3 aromatic carbocycles. The number of amides is 2. The number of hydrogen-bond acceptors (Lipinski definition) is 6. The lowest BCUT2D eigenvalue weighted by Crippen LogP contribution is -2.46. The molecular weight excluding hydrogens is 504 g/mol. The summed E-state index contributed by atoms with van der Waals surface area (Å²) >= 11 is 0. The molecule has 0 atom stereocenters. The third-order valence-corrected chi connectivity index (χ3v) is 8.46. The first-order valence-corrected chi connectivity index (χ1v) is 13.6. The number of carbonyl (C=O) groups is 2. The van der Waals surface area contributed by atoms with E-state index in [0.717, 1.165) is 15.4 Å². The second kappa shape index (κ2) is 10.9. The van der Waals surface area contributed by atoms with Crippen LogP contribution in [0.1, 0.15) is 21.5 Å². The van der Waals surface area contributed by atoms with Crippen molar-refractivity contribution < 1.29 is 26.4 Å². The molecule has 10 nitrogen and oxygen atoms in total. The number of anilines is 1. The Bertz CT molecular complexity index is 1450. The van der Waals surface area contributed by atoms with Gasteiger partial charge in [0.2, 0.25) is 10.0 Å². The first-order valence-electron chi connectivity index (χ1n) is 10.7. The summed E-state index contributed by atoms with van der Waals surface area (Å²) in [6.45, 7) is 3.09. The Morgan fingerprint density at radius 3 is 1.75 bits per heavy atom. The van der Waals surface area contributed by atoms with Crippen LogP contribution in [0, 0.1) is 13.8 Å². The largest absolute Gasteiger partial charge is 0.272 e. The Labute approximate surface area is 210 Å². The van der Waals surface area contributed by atoms with Gasteiger partial charge in [-0.25, -0.2) is 21.6 Å². The average molecular weight is 531 g/mol. The maximum Gasteiger partial charge on any atom is 0.269 e. The van der Waals surface area contributed by atoms with Crippen LogP contribution in [-0.4, -0.2) is 42.2 Å². The molecule has 190 valence electrons. The molecule has 3 aromatic rings. The summed E-state index contributed by atoms with van der Waals surface area (Å²) in [7, 11) is -6.27. The van der Waals surface area contributed by atoms with Crippen molar-refractivity contribution in [2.75, 3.05) is 17.9 Å². The van der Waals surface area contributed by atoms with E-state index in [1.54, 1.807) is 24.3 Å². The number of nitrogens with zero attached hydrogens (tertiary/aromatic N) is 1. The molecular formula is C24H26N4O6S2. The Morgan fingerprint density at radius 1 is 0.722 bits per heavy atom. The quantitative estimate of drug-likeness (QED) is 0.380. The predicted molar refractivity (Wildman–Crippen MR) is 135 cm³/mol. The van der Waals surface area contributed by atoms with E-state index in [4.69, 9.17) is 0 Å². The second-order valence-electron chi connectivity index (χ2n) is 7.97. The minimum absolute atomic E-state index is 0.0133. The van der Waals surface area contributed by atoms with Crippen LogP contribution >= 0.6 is 0 Å². The van der Waals surface area contributed by atoms with Crippen LogP contribution in [0.2, 0.25) is 0 Å². The van der Waals surface area contributed by atoms with Gasteiger partial charge in [-0.1, -0.05) is 35.4 Å². The molecule has 0 saturated carbocycles. The van der Waals surface area contributed by atoms with E-state index in [2.05, 4.69) is 15.6 Å². The minimum atomic E-state index is -3.89. The highest BCUT2D eigenvalue weighted by Crippen LogP contribution is 2.22. The fraction of sp³-hybridized carbons (Fsp3) is 0.167. The summed E-state index contributed by atoms with van der Waals surface area (Å²) in [5.74, 6) is -1.44. The number of sulfonamides is 2. The van der Waals surface area contributed by atoms with Crippen LogP contribution in [0.25, 0.3) is 0 Å². The third kappa shape index (κ3) is 6.47. The molecule has 3 N–H and O–H groups in total. The Hall–Kier alpha value is -3.74. The van der Waals surface area contributed by atoms with Gasteiger partial charge in [0.25, 0.3) is 21.8 Å². The van der Waals surface area contributed by atoms with E-state index in [1.165, 1.54) is 55.6 Å². The molecule has 0 spiro atoms. The molecule has 0 saturated heterocycles. The summed E-state index contributed by atoms with van der Waals surface area (Å²) < 4.78 is 53.4. The van der Waals surface area contributed by atoms with Gasteiger partial charge in [-0.3, -0.25) is 24.7 Å². The first kappa shape index (κ1) is 26.9. The van der Waals surface area contributed by atoms with Crippen LogP contribution < -0.4 is 19.9 Å². The molecule has 0 aromatic heterocycles. The summed E-state index contributed by atoms with van der Waals surface area (Å²) in [6.07, 6.45) is 0. The molecule has 36 heavy (non-hydrogen) atoms. The van der Waals surface area contributed by atoms with Gasteiger partial charge in [0.1, 0.15) is 0 Å². The predicted octanol–water partition coefficient (Wildman–Crippen LogP) is 1.87. The Balaban J connectivity index is 1.55. The Morgan fingerprint density at radius 2 is 1.22 bits per heavy atom. The first-order chi connectivity index (χ1) is 16.9. The van der Waals surface area contributed by atoms with E-state index in [1.807, 2.05) is 13.8 Å². The van der Waals surface area contributed by atoms with Crippen LogP contribution in [0.4, 0.5) is 5.69 Å². The van der Waals surface area contributed by atoms with Crippen LogP contribution in [0.5, 0.6) is 0 Å². The lowest BCUT2D eigenvalue weighted by atomic mass is 10.2. The van der Waals surface area contributed by atoms with Crippen molar-refractivity contribution in [3.8, 4) is 0 Å². The minimum Gasteiger partial charge on any atom is -0.272 e. The number of carbonyl (C=O) groups excluding carboxylic acids is 2. The van der Waals surface area contributed by atoms with Crippen molar-refractivity contribution in [3.63, 3.8) is 0 Å². The van der Waals surface area contributed by atoms with E-state index >= 15 is 0 Å². The van der Waals surface area contributed by atoms with E-state index in [0.29, 0.717) is 5.69 Å². The molecule has 3 rings (SSSR count). The van der Waals surface area contributed by atoms with Gasteiger partial charge in [0.15, 0.2) is 0 Å². The maximum atomic E-state index is 12.8. The SMILES string of the molecule is Cc1ccc(S(=O)(=O)NCC(=O)NNC(=O)c2ccc(N(C)S(=O)(=O)c3ccc(C)cc3)cc2)cc1. The Kier molecular flexibility index (Phi) is 8.13. The molecule has 0 radical (unpaired) electrons. The van der Waals surface area contributed by atoms with Crippen LogP contribution in [0.3, 0.4) is 0 Å². The summed E-state index contributed by atoms with van der Waals surface area (Å²) in [5.41, 5.74) is 6.63. The van der Waals surface area contributed by atoms with Gasteiger partial charge in [0.05, 0.1) is 22.0 Å². The van der Waals surface area contributed by atoms with E-state index < -0.39 is 38.4 Å². The fourth-order valence-corrected chi connectivity index (χ4v) is 5.21. The summed E-state index contributed by atoms with van der Waals surface area (Å²) in [4.78, 5) is 24.5. The zero-order valence-corrected chi connectivity index (χ0v) is 21.5. The monoisotopic (exact) mass is 530 g/mol. The maximum absolute atomic E-state index is 12.8. The molecule has 0 fully saturated rings. The molecule has 0 unspecified atom stereocenters. The van der Waals surface area contributed by atoms with Gasteiger partial charge in [-0.15, -0.1) is 0 Å². The van der Waals surface area contributed by atoms with Gasteiger partial charge in [0, 0.05) is 12.6 Å². The van der Waals surface area contributed by atoms with E-state index in [9.17, 15) is 26.4 Å². The number of aryl methyl sites for hydroxylation is 2. The molecule has 12 heteroatoms. The highest BCUT2D eigenvalue weighted by Gasteiger charge is 2.21. The lowest BCUT2D eigenvalue weighted by molar-refractivity contribution is -0.120. The zero-order chi connectivity index (χ0) is 26.5. The molecule has 0 heterocycles. The fourth-order valence-electron chi connectivity index (χ4n) is 3.03.